The molecule has 0 atom stereocenters. The van der Waals surface area contributed by atoms with Crippen LogP contribution in [-0.4, -0.2) is 34.8 Å². The predicted octanol–water partition coefficient (Wildman–Crippen LogP) is 14.2. The van der Waals surface area contributed by atoms with Gasteiger partial charge in [-0.25, -0.2) is 4.85 Å². The Labute approximate surface area is 358 Å². The molecular formula is C52H50N5O2S+. The minimum Gasteiger partial charge on any atom is -0.341 e. The molecule has 0 amide bonds. The number of para-hydroxylation sites is 4. The molecule has 0 bridgehead atoms. The van der Waals surface area contributed by atoms with E-state index in [1.54, 1.807) is 12.1 Å². The minimum absolute atomic E-state index is 0.00407. The van der Waals surface area contributed by atoms with Gasteiger partial charge in [-0.3, -0.25) is 10.1 Å². The van der Waals surface area contributed by atoms with Crippen LogP contribution in [0.5, 0.6) is 0 Å². The van der Waals surface area contributed by atoms with Crippen molar-refractivity contribution in [1.82, 2.24) is 0 Å². The third kappa shape index (κ3) is 7.84. The summed E-state index contributed by atoms with van der Waals surface area (Å²) in [6, 6.07) is 38.4. The Balaban J connectivity index is 1.50. The maximum absolute atomic E-state index is 12.4. The van der Waals surface area contributed by atoms with E-state index in [0.29, 0.717) is 22.9 Å². The fraction of sp³-hybridized carbons (Fsp3) is 0.192. The number of nitro benzene ring substituents is 1. The first-order chi connectivity index (χ1) is 29.1. The number of allylic oxidation sites excluding steroid dienone is 5. The lowest BCUT2D eigenvalue weighted by atomic mass is 9.91. The highest BCUT2D eigenvalue weighted by Crippen LogP contribution is 2.55. The third-order valence-corrected chi connectivity index (χ3v) is 12.4. The van der Waals surface area contributed by atoms with Gasteiger partial charge in [-0.1, -0.05) is 91.0 Å². The molecule has 0 fully saturated rings. The normalized spacial score (nSPS) is 12.0. The van der Waals surface area contributed by atoms with Crippen LogP contribution < -0.4 is 9.80 Å². The average Bonchev–Trinajstić information content (AvgIpc) is 3.63. The van der Waals surface area contributed by atoms with E-state index in [1.165, 1.54) is 51.0 Å². The summed E-state index contributed by atoms with van der Waals surface area (Å²) in [5.74, 6) is 0. The summed E-state index contributed by atoms with van der Waals surface area (Å²) in [5, 5.41) is 13.0. The van der Waals surface area contributed by atoms with Gasteiger partial charge in [-0.15, -0.1) is 11.3 Å². The van der Waals surface area contributed by atoms with Crippen LogP contribution in [0.3, 0.4) is 0 Å². The molecule has 5 aromatic carbocycles. The first kappa shape index (κ1) is 41.3. The van der Waals surface area contributed by atoms with Gasteiger partial charge in [-0.05, 0) is 107 Å². The number of hydrogen-bond donors (Lipinski definition) is 0. The molecule has 8 heteroatoms. The van der Waals surface area contributed by atoms with Crippen molar-refractivity contribution in [1.29, 1.82) is 0 Å². The molecule has 6 aromatic rings. The van der Waals surface area contributed by atoms with E-state index in [0.717, 1.165) is 57.2 Å². The van der Waals surface area contributed by atoms with Gasteiger partial charge < -0.3 is 9.80 Å². The van der Waals surface area contributed by atoms with E-state index in [4.69, 9.17) is 6.57 Å². The van der Waals surface area contributed by atoms with Crippen molar-refractivity contribution in [3.05, 3.63) is 199 Å². The van der Waals surface area contributed by atoms with Gasteiger partial charge in [0.05, 0.1) is 11.5 Å². The zero-order valence-corrected chi connectivity index (χ0v) is 36.2. The van der Waals surface area contributed by atoms with Crippen LogP contribution >= 0.6 is 11.3 Å². The van der Waals surface area contributed by atoms with E-state index in [1.807, 2.05) is 48.2 Å². The fourth-order valence-electron chi connectivity index (χ4n) is 8.46. The van der Waals surface area contributed by atoms with Crippen molar-refractivity contribution in [2.24, 2.45) is 0 Å². The molecule has 0 unspecified atom stereocenters. The Hall–Kier alpha value is -6.82. The van der Waals surface area contributed by atoms with Gasteiger partial charge in [-0.2, -0.15) is 4.58 Å². The van der Waals surface area contributed by atoms with E-state index in [-0.39, 0.29) is 10.6 Å². The molecule has 1 aromatic heterocycles. The van der Waals surface area contributed by atoms with Gasteiger partial charge in [0.2, 0.25) is 17.1 Å². The first-order valence-electron chi connectivity index (χ1n) is 20.5. The number of hydrogen-bond acceptors (Lipinski definition) is 5. The van der Waals surface area contributed by atoms with Crippen LogP contribution in [0.15, 0.2) is 145 Å². The summed E-state index contributed by atoms with van der Waals surface area (Å²) in [6.07, 6.45) is 8.76. The van der Waals surface area contributed by atoms with Crippen molar-refractivity contribution < 1.29 is 9.50 Å². The molecular weight excluding hydrogens is 759 g/mol. The molecule has 1 aliphatic carbocycles. The van der Waals surface area contributed by atoms with Crippen molar-refractivity contribution in [3.63, 3.8) is 0 Å². The molecule has 0 aliphatic heterocycles. The monoisotopic (exact) mass is 808 g/mol. The number of benzene rings is 5. The summed E-state index contributed by atoms with van der Waals surface area (Å²) in [7, 11) is 0. The molecule has 0 saturated heterocycles. The van der Waals surface area contributed by atoms with E-state index >= 15 is 0 Å². The molecule has 0 N–H and O–H groups in total. The van der Waals surface area contributed by atoms with Gasteiger partial charge >= 0.3 is 0 Å². The Morgan fingerprint density at radius 1 is 0.700 bits per heavy atom. The van der Waals surface area contributed by atoms with E-state index in [9.17, 15) is 10.1 Å². The highest BCUT2D eigenvalue weighted by molar-refractivity contribution is 7.18. The zero-order chi connectivity index (χ0) is 42.5. The summed E-state index contributed by atoms with van der Waals surface area (Å²) < 4.78 is 2.36. The Kier molecular flexibility index (Phi) is 12.4. The van der Waals surface area contributed by atoms with Crippen molar-refractivity contribution >= 4 is 61.7 Å². The lowest BCUT2D eigenvalue weighted by molar-refractivity contribution is -0.435. The number of rotatable bonds is 12. The molecule has 60 heavy (non-hydrogen) atoms. The average molecular weight is 809 g/mol. The number of nitrogens with zero attached hydrogens (tertiary/aromatic N) is 5. The number of anilines is 4. The topological polar surface area (TPSA) is 57.0 Å². The lowest BCUT2D eigenvalue weighted by Crippen LogP contribution is -2.18. The molecule has 7 nitrogen and oxygen atoms in total. The molecule has 0 radical (unpaired) electrons. The quantitative estimate of drug-likeness (QED) is 0.0535. The standard InChI is InChI=1S/C52H50N5O2S/c1-9-54(49-35(4)19-17-20-36(49)5)42-31-27-40(28-32-42)46(41-29-33-43(34-30-41)55(10-2)50-37(6)21-18-22-38(50)7)51-47(39-23-13-12-14-24-39)48(53-8)52(60-51)56(11-3)44-25-15-16-26-45(44)57(58)59/h12-34H,9-11H2,1-7H3/q+1. The maximum Gasteiger partial charge on any atom is 0.292 e. The van der Waals surface area contributed by atoms with E-state index in [2.05, 4.69) is 141 Å². The largest absolute Gasteiger partial charge is 0.341 e. The highest BCUT2D eigenvalue weighted by Gasteiger charge is 2.30. The summed E-state index contributed by atoms with van der Waals surface area (Å²) >= 11 is 1.51. The second-order valence-corrected chi connectivity index (χ2v) is 15.9. The van der Waals surface area contributed by atoms with Gasteiger partial charge in [0.1, 0.15) is 17.2 Å². The molecule has 0 spiro atoms. The summed E-state index contributed by atoms with van der Waals surface area (Å²) in [6.45, 7) is 25.7. The molecule has 1 heterocycles. The van der Waals surface area contributed by atoms with E-state index < -0.39 is 0 Å². The number of nitro groups is 1. The zero-order valence-electron chi connectivity index (χ0n) is 35.4. The maximum atomic E-state index is 12.4. The SMILES string of the molecule is [C-]#[N+]c1c(N(CC)c2ccccc2[N+](=O)[O-])sc(C(=C2C=CC(=[N+](CC)c3c(C)cccc3C)C=C2)c2ccc(N(CC)c3c(C)cccc3C)cc2)c1-c1ccccc1. The Morgan fingerprint density at radius 2 is 1.28 bits per heavy atom. The van der Waals surface area contributed by atoms with Crippen molar-refractivity contribution in [3.8, 4) is 11.1 Å². The van der Waals surface area contributed by atoms with Gasteiger partial charge in [0.15, 0.2) is 0 Å². The summed E-state index contributed by atoms with van der Waals surface area (Å²) in [4.78, 5) is 21.4. The second-order valence-electron chi connectivity index (χ2n) is 14.9. The summed E-state index contributed by atoms with van der Waals surface area (Å²) in [5.41, 5.74) is 15.1. The van der Waals surface area contributed by atoms with Crippen LogP contribution in [0.4, 0.5) is 39.1 Å². The molecule has 300 valence electrons. The smallest absolute Gasteiger partial charge is 0.292 e. The van der Waals surface area contributed by atoms with Crippen LogP contribution in [0, 0.1) is 44.4 Å². The van der Waals surface area contributed by atoms with Crippen LogP contribution in [0.1, 0.15) is 53.5 Å². The molecule has 7 rings (SSSR count). The Bertz CT molecular complexity index is 2690. The van der Waals surface area contributed by atoms with Crippen LogP contribution in [-0.2, 0) is 0 Å². The number of thiophene rings is 1. The van der Waals surface area contributed by atoms with Gasteiger partial charge in [0.25, 0.3) is 5.69 Å². The third-order valence-electron chi connectivity index (χ3n) is 11.2. The molecule has 1 aliphatic rings. The second kappa shape index (κ2) is 18.0. The number of aryl methyl sites for hydroxylation is 4. The highest BCUT2D eigenvalue weighted by atomic mass is 32.1. The van der Waals surface area contributed by atoms with Crippen LogP contribution in [0.2, 0.25) is 0 Å². The van der Waals surface area contributed by atoms with Crippen molar-refractivity contribution in [2.45, 2.75) is 48.5 Å². The lowest BCUT2D eigenvalue weighted by Gasteiger charge is -2.27. The fourth-order valence-corrected chi connectivity index (χ4v) is 9.89. The Morgan fingerprint density at radius 3 is 1.85 bits per heavy atom. The van der Waals surface area contributed by atoms with Gasteiger partial charge in [0, 0.05) is 69.8 Å². The molecule has 0 saturated carbocycles. The minimum atomic E-state index is -0.348. The van der Waals surface area contributed by atoms with Crippen LogP contribution in [0.25, 0.3) is 21.5 Å². The first-order valence-corrected chi connectivity index (χ1v) is 21.3. The van der Waals surface area contributed by atoms with Crippen molar-refractivity contribution in [2.75, 3.05) is 29.4 Å². The predicted molar refractivity (Wildman–Crippen MR) is 253 cm³/mol.